The summed E-state index contributed by atoms with van der Waals surface area (Å²) < 4.78 is 12.4. The fourth-order valence-corrected chi connectivity index (χ4v) is 1.69. The van der Waals surface area contributed by atoms with Gasteiger partial charge in [-0.2, -0.15) is 0 Å². The van der Waals surface area contributed by atoms with Crippen molar-refractivity contribution in [1.29, 1.82) is 0 Å². The number of nitrogens with zero attached hydrogens (tertiary/aromatic N) is 1. The van der Waals surface area contributed by atoms with Crippen LogP contribution in [-0.2, 0) is 0 Å². The Balaban J connectivity index is 2.14. The molecule has 3 nitrogen and oxygen atoms in total. The van der Waals surface area contributed by atoms with Crippen LogP contribution in [-0.4, -0.2) is 16.7 Å². The first-order valence-electron chi connectivity index (χ1n) is 5.45. The van der Waals surface area contributed by atoms with Gasteiger partial charge in [-0.1, -0.05) is 0 Å². The van der Waals surface area contributed by atoms with Crippen LogP contribution in [0.15, 0.2) is 12.3 Å². The van der Waals surface area contributed by atoms with Gasteiger partial charge in [0.15, 0.2) is 5.75 Å². The Hall–Kier alpha value is -0.520. The molecule has 0 unspecified atom stereocenters. The maximum Gasteiger partial charge on any atom is 0.155 e. The summed E-state index contributed by atoms with van der Waals surface area (Å²) in [6.07, 6.45) is 4.44. The zero-order chi connectivity index (χ0) is 11.8. The molecule has 0 amide bonds. The fourth-order valence-electron chi connectivity index (χ4n) is 1.27. The maximum atomic E-state index is 5.76. The lowest BCUT2D eigenvalue weighted by Crippen LogP contribution is -2.23. The van der Waals surface area contributed by atoms with Crippen molar-refractivity contribution >= 4 is 22.6 Å². The van der Waals surface area contributed by atoms with Crippen LogP contribution in [0.4, 0.5) is 0 Å². The van der Waals surface area contributed by atoms with Gasteiger partial charge in [-0.25, -0.2) is 4.98 Å². The van der Waals surface area contributed by atoms with Crippen molar-refractivity contribution in [1.82, 2.24) is 4.98 Å². The van der Waals surface area contributed by atoms with Gasteiger partial charge in [-0.15, -0.1) is 0 Å². The van der Waals surface area contributed by atoms with Gasteiger partial charge in [0, 0.05) is 6.07 Å². The van der Waals surface area contributed by atoms with Crippen molar-refractivity contribution in [3.8, 4) is 11.5 Å². The molecule has 0 spiro atoms. The summed E-state index contributed by atoms with van der Waals surface area (Å²) in [5.74, 6) is 1.61. The topological polar surface area (TPSA) is 31.4 Å². The second kappa shape index (κ2) is 4.39. The third kappa shape index (κ3) is 3.50. The van der Waals surface area contributed by atoms with E-state index in [0.29, 0.717) is 6.10 Å². The summed E-state index contributed by atoms with van der Waals surface area (Å²) in [6, 6.07) is 1.93. The van der Waals surface area contributed by atoms with E-state index in [4.69, 9.17) is 9.47 Å². The largest absolute Gasteiger partial charge is 0.488 e. The Kier molecular flexibility index (Phi) is 3.28. The average molecular weight is 333 g/mol. The quantitative estimate of drug-likeness (QED) is 0.628. The minimum Gasteiger partial charge on any atom is -0.488 e. The van der Waals surface area contributed by atoms with Gasteiger partial charge >= 0.3 is 0 Å². The molecular weight excluding hydrogens is 317 g/mol. The highest BCUT2D eigenvalue weighted by Crippen LogP contribution is 2.32. The first-order valence-corrected chi connectivity index (χ1v) is 6.53. The molecule has 0 saturated heterocycles. The number of rotatable bonds is 3. The first-order chi connectivity index (χ1) is 7.44. The van der Waals surface area contributed by atoms with Gasteiger partial charge in [0.25, 0.3) is 0 Å². The van der Waals surface area contributed by atoms with E-state index < -0.39 is 0 Å². The molecule has 1 aliphatic carbocycles. The normalized spacial score (nSPS) is 16.0. The van der Waals surface area contributed by atoms with E-state index in [1.165, 1.54) is 0 Å². The van der Waals surface area contributed by atoms with Crippen LogP contribution < -0.4 is 9.47 Å². The molecule has 0 aromatic carbocycles. The third-order valence-electron chi connectivity index (χ3n) is 2.02. The zero-order valence-electron chi connectivity index (χ0n) is 9.79. The summed E-state index contributed by atoms with van der Waals surface area (Å²) in [5, 5.41) is 0. The number of hydrogen-bond acceptors (Lipinski definition) is 3. The Labute approximate surface area is 110 Å². The average Bonchev–Trinajstić information content (AvgIpc) is 2.92. The first kappa shape index (κ1) is 12.0. The summed E-state index contributed by atoms with van der Waals surface area (Å²) in [7, 11) is 0. The number of hydrogen-bond donors (Lipinski definition) is 0. The smallest absolute Gasteiger partial charge is 0.155 e. The van der Waals surface area contributed by atoms with E-state index in [-0.39, 0.29) is 5.60 Å². The van der Waals surface area contributed by atoms with Crippen LogP contribution in [0.2, 0.25) is 0 Å². The number of halogens is 1. The highest BCUT2D eigenvalue weighted by Gasteiger charge is 2.25. The van der Waals surface area contributed by atoms with Crippen LogP contribution in [0.25, 0.3) is 0 Å². The molecule has 1 heterocycles. The van der Waals surface area contributed by atoms with Gasteiger partial charge in [-0.3, -0.25) is 0 Å². The molecule has 2 rings (SSSR count). The molecule has 1 aromatic rings. The highest BCUT2D eigenvalue weighted by atomic mass is 127. The lowest BCUT2D eigenvalue weighted by atomic mass is 10.2. The van der Waals surface area contributed by atoms with Crippen LogP contribution >= 0.6 is 22.6 Å². The van der Waals surface area contributed by atoms with Crippen molar-refractivity contribution in [3.63, 3.8) is 0 Å². The second-order valence-corrected chi connectivity index (χ2v) is 6.01. The molecule has 88 valence electrons. The molecule has 0 bridgehead atoms. The fraction of sp³-hybridized carbons (Fsp3) is 0.583. The molecule has 0 aliphatic heterocycles. The predicted octanol–water partition coefficient (Wildman–Crippen LogP) is 3.40. The Bertz CT molecular complexity index is 383. The monoisotopic (exact) mass is 333 g/mol. The van der Waals surface area contributed by atoms with Crippen LogP contribution in [0.1, 0.15) is 33.6 Å². The van der Waals surface area contributed by atoms with Crippen LogP contribution in [0, 0.1) is 3.70 Å². The van der Waals surface area contributed by atoms with Gasteiger partial charge in [0.1, 0.15) is 15.1 Å². The van der Waals surface area contributed by atoms with E-state index in [1.54, 1.807) is 6.20 Å². The Morgan fingerprint density at radius 2 is 2.06 bits per heavy atom. The molecule has 0 atom stereocenters. The van der Waals surface area contributed by atoms with Gasteiger partial charge in [0.05, 0.1) is 12.3 Å². The van der Waals surface area contributed by atoms with E-state index in [1.807, 2.05) is 26.8 Å². The predicted molar refractivity (Wildman–Crippen MR) is 71.0 cm³/mol. The standard InChI is InChI=1S/C12H16INO2/c1-12(2,3)16-9-6-10(11(13)14-7-9)15-8-4-5-8/h6-8H,4-5H2,1-3H3. The molecule has 0 N–H and O–H groups in total. The number of ether oxygens (including phenoxy) is 2. The molecule has 0 radical (unpaired) electrons. The van der Waals surface area contributed by atoms with Gasteiger partial charge in [-0.05, 0) is 56.2 Å². The van der Waals surface area contributed by atoms with Crippen molar-refractivity contribution in [2.45, 2.75) is 45.3 Å². The van der Waals surface area contributed by atoms with E-state index in [0.717, 1.165) is 28.0 Å². The minimum atomic E-state index is -0.203. The minimum absolute atomic E-state index is 0.203. The summed E-state index contributed by atoms with van der Waals surface area (Å²) in [5.41, 5.74) is -0.203. The molecule has 16 heavy (non-hydrogen) atoms. The van der Waals surface area contributed by atoms with Crippen molar-refractivity contribution < 1.29 is 9.47 Å². The lowest BCUT2D eigenvalue weighted by Gasteiger charge is -2.21. The summed E-state index contributed by atoms with van der Waals surface area (Å²) in [6.45, 7) is 6.06. The molecule has 4 heteroatoms. The van der Waals surface area contributed by atoms with Crippen LogP contribution in [0.5, 0.6) is 11.5 Å². The molecule has 1 saturated carbocycles. The molecule has 1 fully saturated rings. The molecule has 1 aromatic heterocycles. The maximum absolute atomic E-state index is 5.76. The van der Waals surface area contributed by atoms with Crippen molar-refractivity contribution in [2.75, 3.05) is 0 Å². The second-order valence-electron chi connectivity index (χ2n) is 4.99. The SMILES string of the molecule is CC(C)(C)Oc1cnc(I)c(OC2CC2)c1. The van der Waals surface area contributed by atoms with E-state index in [2.05, 4.69) is 27.6 Å². The summed E-state index contributed by atoms with van der Waals surface area (Å²) in [4.78, 5) is 4.28. The van der Waals surface area contributed by atoms with Crippen molar-refractivity contribution in [3.05, 3.63) is 16.0 Å². The Morgan fingerprint density at radius 1 is 1.38 bits per heavy atom. The third-order valence-corrected chi connectivity index (χ3v) is 2.83. The number of pyridine rings is 1. The van der Waals surface area contributed by atoms with E-state index in [9.17, 15) is 0 Å². The highest BCUT2D eigenvalue weighted by molar-refractivity contribution is 14.1. The van der Waals surface area contributed by atoms with Gasteiger partial charge < -0.3 is 9.47 Å². The molecular formula is C12H16INO2. The lowest BCUT2D eigenvalue weighted by molar-refractivity contribution is 0.129. The van der Waals surface area contributed by atoms with E-state index >= 15 is 0 Å². The summed E-state index contributed by atoms with van der Waals surface area (Å²) >= 11 is 2.18. The number of aromatic nitrogens is 1. The molecule has 1 aliphatic rings. The van der Waals surface area contributed by atoms with Gasteiger partial charge in [0.2, 0.25) is 0 Å². The van der Waals surface area contributed by atoms with Crippen molar-refractivity contribution in [2.24, 2.45) is 0 Å². The zero-order valence-corrected chi connectivity index (χ0v) is 11.9. The Morgan fingerprint density at radius 3 is 2.62 bits per heavy atom. The van der Waals surface area contributed by atoms with Crippen LogP contribution in [0.3, 0.4) is 0 Å².